The van der Waals surface area contributed by atoms with Gasteiger partial charge in [0.15, 0.2) is 11.5 Å². The molecule has 0 saturated heterocycles. The summed E-state index contributed by atoms with van der Waals surface area (Å²) in [6.07, 6.45) is 2.99. The lowest BCUT2D eigenvalue weighted by molar-refractivity contribution is -0.0515. The van der Waals surface area contributed by atoms with Crippen molar-refractivity contribution in [3.63, 3.8) is 0 Å². The molecular weight excluding hydrogens is 404 g/mol. The fraction of sp³-hybridized carbons (Fsp3) is 0.348. The van der Waals surface area contributed by atoms with Gasteiger partial charge in [0.05, 0.1) is 18.3 Å². The van der Waals surface area contributed by atoms with Crippen LogP contribution in [-0.4, -0.2) is 34.7 Å². The number of phenolic OH excluding ortho intramolecular Hbond substituents is 1. The first-order valence-corrected chi connectivity index (χ1v) is 10.4. The second-order valence-electron chi connectivity index (χ2n) is 7.98. The molecule has 3 aromatic rings. The third-order valence-corrected chi connectivity index (χ3v) is 5.64. The largest absolute Gasteiger partial charge is 0.508 e. The average Bonchev–Trinajstić information content (AvgIpc) is 3.48. The highest BCUT2D eigenvalue weighted by Gasteiger charge is 2.26. The van der Waals surface area contributed by atoms with Crippen molar-refractivity contribution in [1.29, 1.82) is 0 Å². The molecule has 6 nitrogen and oxygen atoms in total. The van der Waals surface area contributed by atoms with Gasteiger partial charge in [0.1, 0.15) is 11.6 Å². The molecule has 2 aromatic carbocycles. The number of aromatic nitrogens is 2. The molecule has 1 aliphatic heterocycles. The molecule has 2 N–H and O–H groups in total. The van der Waals surface area contributed by atoms with E-state index in [1.807, 2.05) is 16.8 Å². The summed E-state index contributed by atoms with van der Waals surface area (Å²) in [5, 5.41) is 17.9. The SMILES string of the molecule is Oc1cccc(-c2cc3n(n2)C(c2ccc(OC(F)F)c(OCC4CC4)c2)CCN3)c1. The minimum atomic E-state index is -2.91. The van der Waals surface area contributed by atoms with Crippen molar-refractivity contribution in [2.24, 2.45) is 5.92 Å². The minimum Gasteiger partial charge on any atom is -0.508 e. The van der Waals surface area contributed by atoms with Gasteiger partial charge < -0.3 is 19.9 Å². The number of benzene rings is 2. The van der Waals surface area contributed by atoms with E-state index in [0.717, 1.165) is 48.4 Å². The summed E-state index contributed by atoms with van der Waals surface area (Å²) in [5.74, 6) is 1.92. The molecule has 1 unspecified atom stereocenters. The molecule has 1 aromatic heterocycles. The fourth-order valence-electron chi connectivity index (χ4n) is 3.87. The monoisotopic (exact) mass is 427 g/mol. The maximum atomic E-state index is 12.8. The van der Waals surface area contributed by atoms with Crippen LogP contribution in [0.15, 0.2) is 48.5 Å². The lowest BCUT2D eigenvalue weighted by atomic mass is 10.0. The van der Waals surface area contributed by atoms with Crippen LogP contribution in [0.25, 0.3) is 11.3 Å². The van der Waals surface area contributed by atoms with Crippen molar-refractivity contribution in [2.45, 2.75) is 31.9 Å². The summed E-state index contributed by atoms with van der Waals surface area (Å²) in [4.78, 5) is 0. The Bertz CT molecular complexity index is 1080. The first kappa shape index (κ1) is 19.7. The maximum absolute atomic E-state index is 12.8. The van der Waals surface area contributed by atoms with Crippen LogP contribution >= 0.6 is 0 Å². The number of ether oxygens (including phenoxy) is 2. The van der Waals surface area contributed by atoms with Crippen LogP contribution in [0.2, 0.25) is 0 Å². The fourth-order valence-corrected chi connectivity index (χ4v) is 3.87. The summed E-state index contributed by atoms with van der Waals surface area (Å²) in [6.45, 7) is -1.65. The maximum Gasteiger partial charge on any atom is 0.387 e. The Morgan fingerprint density at radius 1 is 1.10 bits per heavy atom. The van der Waals surface area contributed by atoms with Crippen LogP contribution in [0.5, 0.6) is 17.2 Å². The minimum absolute atomic E-state index is 0.0504. The Balaban J connectivity index is 1.47. The molecular formula is C23H23F2N3O3. The van der Waals surface area contributed by atoms with Crippen molar-refractivity contribution in [1.82, 2.24) is 9.78 Å². The van der Waals surface area contributed by atoms with Crippen LogP contribution in [0.1, 0.15) is 30.9 Å². The highest BCUT2D eigenvalue weighted by molar-refractivity contribution is 5.65. The zero-order valence-corrected chi connectivity index (χ0v) is 16.8. The number of rotatable bonds is 7. The Hall–Kier alpha value is -3.29. The number of nitrogens with zero attached hydrogens (tertiary/aromatic N) is 2. The van der Waals surface area contributed by atoms with Gasteiger partial charge in [-0.1, -0.05) is 18.2 Å². The number of halogens is 2. The van der Waals surface area contributed by atoms with Gasteiger partial charge in [0, 0.05) is 18.2 Å². The molecule has 0 radical (unpaired) electrons. The molecule has 0 amide bonds. The van der Waals surface area contributed by atoms with Crippen LogP contribution in [0.4, 0.5) is 14.6 Å². The van der Waals surface area contributed by atoms with E-state index in [4.69, 9.17) is 9.84 Å². The molecule has 2 heterocycles. The Kier molecular flexibility index (Phi) is 5.13. The molecule has 162 valence electrons. The number of fused-ring (bicyclic) bond motifs is 1. The van der Waals surface area contributed by atoms with Crippen LogP contribution in [0, 0.1) is 5.92 Å². The average molecular weight is 427 g/mol. The highest BCUT2D eigenvalue weighted by Crippen LogP contribution is 2.38. The van der Waals surface area contributed by atoms with Crippen molar-refractivity contribution in [2.75, 3.05) is 18.5 Å². The van der Waals surface area contributed by atoms with E-state index in [1.54, 1.807) is 36.4 Å². The van der Waals surface area contributed by atoms with Gasteiger partial charge in [-0.15, -0.1) is 0 Å². The van der Waals surface area contributed by atoms with Gasteiger partial charge >= 0.3 is 6.61 Å². The van der Waals surface area contributed by atoms with Gasteiger partial charge in [-0.25, -0.2) is 4.68 Å². The lowest BCUT2D eigenvalue weighted by Gasteiger charge is -2.26. The Morgan fingerprint density at radius 2 is 1.97 bits per heavy atom. The van der Waals surface area contributed by atoms with E-state index in [2.05, 4.69) is 10.1 Å². The summed E-state index contributed by atoms with van der Waals surface area (Å²) >= 11 is 0. The third-order valence-electron chi connectivity index (χ3n) is 5.64. The van der Waals surface area contributed by atoms with Gasteiger partial charge in [-0.3, -0.25) is 0 Å². The summed E-state index contributed by atoms with van der Waals surface area (Å²) in [6, 6.07) is 13.9. The molecule has 5 rings (SSSR count). The van der Waals surface area contributed by atoms with E-state index in [9.17, 15) is 13.9 Å². The predicted octanol–water partition coefficient (Wildman–Crippen LogP) is 5.05. The topological polar surface area (TPSA) is 68.5 Å². The molecule has 1 aliphatic carbocycles. The van der Waals surface area contributed by atoms with E-state index >= 15 is 0 Å². The van der Waals surface area contributed by atoms with Crippen molar-refractivity contribution in [3.8, 4) is 28.5 Å². The predicted molar refractivity (Wildman–Crippen MR) is 112 cm³/mol. The number of phenols is 1. The molecule has 0 bridgehead atoms. The number of anilines is 1. The molecule has 0 spiro atoms. The second kappa shape index (κ2) is 8.09. The van der Waals surface area contributed by atoms with E-state index in [-0.39, 0.29) is 17.5 Å². The Morgan fingerprint density at radius 3 is 2.74 bits per heavy atom. The third kappa shape index (κ3) is 4.28. The van der Waals surface area contributed by atoms with Crippen molar-refractivity contribution >= 4 is 5.82 Å². The van der Waals surface area contributed by atoms with Crippen molar-refractivity contribution in [3.05, 3.63) is 54.1 Å². The number of nitrogens with one attached hydrogen (secondary N) is 1. The van der Waals surface area contributed by atoms with Crippen LogP contribution in [0.3, 0.4) is 0 Å². The quantitative estimate of drug-likeness (QED) is 0.552. The van der Waals surface area contributed by atoms with Gasteiger partial charge in [0.25, 0.3) is 0 Å². The number of hydrogen-bond acceptors (Lipinski definition) is 5. The number of alkyl halides is 2. The molecule has 31 heavy (non-hydrogen) atoms. The molecule has 8 heteroatoms. The van der Waals surface area contributed by atoms with E-state index in [1.165, 1.54) is 0 Å². The Labute approximate surface area is 178 Å². The lowest BCUT2D eigenvalue weighted by Crippen LogP contribution is -2.24. The first-order valence-electron chi connectivity index (χ1n) is 10.4. The van der Waals surface area contributed by atoms with Gasteiger partial charge in [-0.05, 0) is 55.0 Å². The van der Waals surface area contributed by atoms with Crippen molar-refractivity contribution < 1.29 is 23.4 Å². The number of aromatic hydroxyl groups is 1. The molecule has 1 saturated carbocycles. The van der Waals surface area contributed by atoms with Crippen LogP contribution in [-0.2, 0) is 0 Å². The normalized spacial score (nSPS) is 17.8. The summed E-state index contributed by atoms with van der Waals surface area (Å²) in [7, 11) is 0. The standard InChI is InChI=1S/C23H23F2N3O3/c24-23(25)31-20-7-6-16(11-21(20)30-13-14-4-5-14)19-8-9-26-22-12-18(27-28(19)22)15-2-1-3-17(29)10-15/h1-3,6-7,10-12,14,19,23,26,29H,4-5,8-9,13H2. The molecule has 2 aliphatic rings. The van der Waals surface area contributed by atoms with E-state index < -0.39 is 6.61 Å². The summed E-state index contributed by atoms with van der Waals surface area (Å²) in [5.41, 5.74) is 2.48. The van der Waals surface area contributed by atoms with E-state index in [0.29, 0.717) is 18.3 Å². The second-order valence-corrected chi connectivity index (χ2v) is 7.98. The highest BCUT2D eigenvalue weighted by atomic mass is 19.3. The van der Waals surface area contributed by atoms with Gasteiger partial charge in [0.2, 0.25) is 0 Å². The van der Waals surface area contributed by atoms with Gasteiger partial charge in [-0.2, -0.15) is 13.9 Å². The van der Waals surface area contributed by atoms with Crippen LogP contribution < -0.4 is 14.8 Å². The zero-order valence-electron chi connectivity index (χ0n) is 16.8. The molecule has 1 fully saturated rings. The first-order chi connectivity index (χ1) is 15.1. The number of hydrogen-bond donors (Lipinski definition) is 2. The zero-order chi connectivity index (χ0) is 21.4. The smallest absolute Gasteiger partial charge is 0.387 e. The summed E-state index contributed by atoms with van der Waals surface area (Å²) < 4.78 is 38.1. The molecule has 1 atom stereocenters.